The Morgan fingerprint density at radius 2 is 1.61 bits per heavy atom. The van der Waals surface area contributed by atoms with Gasteiger partial charge in [0.05, 0.1) is 4.90 Å². The van der Waals surface area contributed by atoms with Crippen LogP contribution in [0.4, 0.5) is 0 Å². The molecular weight excluding hydrogens is 404 g/mol. The van der Waals surface area contributed by atoms with Crippen LogP contribution in [0.2, 0.25) is 0 Å². The van der Waals surface area contributed by atoms with E-state index in [9.17, 15) is 8.42 Å². The number of nitrogens with zero attached hydrogens (tertiary/aromatic N) is 2. The zero-order valence-electron chi connectivity index (χ0n) is 17.9. The normalized spacial score (nSPS) is 20.6. The van der Waals surface area contributed by atoms with Crippen LogP contribution >= 0.6 is 0 Å². The zero-order chi connectivity index (χ0) is 21.3. The van der Waals surface area contributed by atoms with Gasteiger partial charge in [0.2, 0.25) is 10.0 Å². The van der Waals surface area contributed by atoms with Crippen molar-refractivity contribution in [3.63, 3.8) is 0 Å². The minimum Gasteiger partial charge on any atom is -0.299 e. The highest BCUT2D eigenvalue weighted by molar-refractivity contribution is 7.89. The maximum atomic E-state index is 13.7. The van der Waals surface area contributed by atoms with Gasteiger partial charge in [-0.15, -0.1) is 0 Å². The number of rotatable bonds is 5. The summed E-state index contributed by atoms with van der Waals surface area (Å²) >= 11 is 0. The number of benzene rings is 3. The Labute approximate surface area is 185 Å². The molecule has 0 radical (unpaired) electrons. The Morgan fingerprint density at radius 1 is 0.839 bits per heavy atom. The Morgan fingerprint density at radius 3 is 2.52 bits per heavy atom. The molecule has 5 rings (SSSR count). The molecule has 0 bridgehead atoms. The van der Waals surface area contributed by atoms with Gasteiger partial charge >= 0.3 is 0 Å². The first-order valence-electron chi connectivity index (χ1n) is 11.4. The van der Waals surface area contributed by atoms with Gasteiger partial charge in [-0.25, -0.2) is 8.42 Å². The second kappa shape index (κ2) is 8.73. The lowest BCUT2D eigenvalue weighted by molar-refractivity contribution is 0.190. The first-order valence-corrected chi connectivity index (χ1v) is 12.9. The third-order valence-electron chi connectivity index (χ3n) is 6.90. The molecule has 1 fully saturated rings. The topological polar surface area (TPSA) is 40.6 Å². The minimum absolute atomic E-state index is 0.0786. The Hall–Kier alpha value is -2.21. The van der Waals surface area contributed by atoms with Crippen LogP contribution in [0, 0.1) is 0 Å². The molecule has 31 heavy (non-hydrogen) atoms. The van der Waals surface area contributed by atoms with Crippen molar-refractivity contribution in [3.8, 4) is 0 Å². The van der Waals surface area contributed by atoms with Gasteiger partial charge in [0, 0.05) is 37.6 Å². The monoisotopic (exact) mass is 434 g/mol. The van der Waals surface area contributed by atoms with Crippen molar-refractivity contribution in [2.45, 2.75) is 49.6 Å². The van der Waals surface area contributed by atoms with Gasteiger partial charge in [-0.05, 0) is 48.3 Å². The van der Waals surface area contributed by atoms with E-state index in [4.69, 9.17) is 0 Å². The predicted octanol–water partition coefficient (Wildman–Crippen LogP) is 4.83. The standard InChI is InChI=1S/C26H30N2O2S/c29-31(30,26-14-7-11-22-9-3-4-13-25(22)26)28-17-6-5-12-24(28)16-19-27-18-15-21-8-1-2-10-23(21)20-27/h1-4,7-11,13-14,24H,5-6,12,15-20H2. The SMILES string of the molecule is O=S(=O)(c1cccc2ccccc12)N1CCCCC1CCN1CCc2ccccc2C1. The van der Waals surface area contributed by atoms with Gasteiger partial charge in [0.1, 0.15) is 0 Å². The number of hydrogen-bond acceptors (Lipinski definition) is 3. The molecule has 0 N–H and O–H groups in total. The minimum atomic E-state index is -3.52. The summed E-state index contributed by atoms with van der Waals surface area (Å²) < 4.78 is 29.3. The van der Waals surface area contributed by atoms with Gasteiger partial charge in [-0.3, -0.25) is 4.90 Å². The average molecular weight is 435 g/mol. The van der Waals surface area contributed by atoms with Crippen LogP contribution in [-0.2, 0) is 23.0 Å². The van der Waals surface area contributed by atoms with Crippen molar-refractivity contribution >= 4 is 20.8 Å². The molecule has 0 spiro atoms. The summed E-state index contributed by atoms with van der Waals surface area (Å²) in [6.07, 6.45) is 4.98. The molecule has 5 heteroatoms. The van der Waals surface area contributed by atoms with Gasteiger partial charge < -0.3 is 0 Å². The quantitative estimate of drug-likeness (QED) is 0.577. The summed E-state index contributed by atoms with van der Waals surface area (Å²) in [5.74, 6) is 0. The largest absolute Gasteiger partial charge is 0.299 e. The molecular formula is C26H30N2O2S. The van der Waals surface area contributed by atoms with Gasteiger partial charge in [-0.2, -0.15) is 4.31 Å². The molecule has 0 amide bonds. The van der Waals surface area contributed by atoms with Crippen molar-refractivity contribution < 1.29 is 8.42 Å². The van der Waals surface area contributed by atoms with Crippen LogP contribution in [0.15, 0.2) is 71.6 Å². The maximum Gasteiger partial charge on any atom is 0.243 e. The van der Waals surface area contributed by atoms with Crippen molar-refractivity contribution in [1.82, 2.24) is 9.21 Å². The summed E-state index contributed by atoms with van der Waals surface area (Å²) in [6.45, 7) is 3.60. The Kier molecular flexibility index (Phi) is 5.83. The first-order chi connectivity index (χ1) is 15.1. The molecule has 1 unspecified atom stereocenters. The summed E-state index contributed by atoms with van der Waals surface area (Å²) in [7, 11) is -3.52. The lowest BCUT2D eigenvalue weighted by atomic mass is 9.98. The molecule has 4 nitrogen and oxygen atoms in total. The number of sulfonamides is 1. The fraction of sp³-hybridized carbons (Fsp3) is 0.385. The summed E-state index contributed by atoms with van der Waals surface area (Å²) in [5, 5.41) is 1.80. The lowest BCUT2D eigenvalue weighted by Crippen LogP contribution is -2.45. The number of piperidine rings is 1. The van der Waals surface area contributed by atoms with Gasteiger partial charge in [0.25, 0.3) is 0 Å². The summed E-state index contributed by atoms with van der Waals surface area (Å²) in [6, 6.07) is 22.2. The fourth-order valence-electron chi connectivity index (χ4n) is 5.20. The highest BCUT2D eigenvalue weighted by Crippen LogP contribution is 2.31. The molecule has 0 saturated carbocycles. The van der Waals surface area contributed by atoms with E-state index in [1.54, 1.807) is 10.4 Å². The van der Waals surface area contributed by atoms with Crippen LogP contribution in [0.25, 0.3) is 10.8 Å². The molecule has 2 aliphatic rings. The third-order valence-corrected chi connectivity index (χ3v) is 8.91. The van der Waals surface area contributed by atoms with Crippen LogP contribution in [0.3, 0.4) is 0 Å². The van der Waals surface area contributed by atoms with Crippen LogP contribution in [0.5, 0.6) is 0 Å². The van der Waals surface area contributed by atoms with E-state index in [0.29, 0.717) is 11.4 Å². The van der Waals surface area contributed by atoms with Crippen molar-refractivity contribution in [1.29, 1.82) is 0 Å². The fourth-order valence-corrected chi connectivity index (χ4v) is 7.14. The molecule has 1 atom stereocenters. The highest BCUT2D eigenvalue weighted by atomic mass is 32.2. The van der Waals surface area contributed by atoms with Crippen molar-refractivity contribution in [2.24, 2.45) is 0 Å². The maximum absolute atomic E-state index is 13.7. The second-order valence-electron chi connectivity index (χ2n) is 8.83. The van der Waals surface area contributed by atoms with Gasteiger partial charge in [-0.1, -0.05) is 67.1 Å². The number of fused-ring (bicyclic) bond motifs is 2. The van der Waals surface area contributed by atoms with Crippen molar-refractivity contribution in [3.05, 3.63) is 77.9 Å². The smallest absolute Gasteiger partial charge is 0.243 e. The molecule has 2 aliphatic heterocycles. The van der Waals surface area contributed by atoms with Crippen LogP contribution in [-0.4, -0.2) is 43.3 Å². The predicted molar refractivity (Wildman–Crippen MR) is 126 cm³/mol. The Bertz CT molecular complexity index is 1170. The van der Waals surface area contributed by atoms with E-state index in [1.807, 2.05) is 36.4 Å². The van der Waals surface area contributed by atoms with Gasteiger partial charge in [0.15, 0.2) is 0 Å². The van der Waals surface area contributed by atoms with E-state index in [2.05, 4.69) is 29.2 Å². The van der Waals surface area contributed by atoms with Crippen molar-refractivity contribution in [2.75, 3.05) is 19.6 Å². The third kappa shape index (κ3) is 4.14. The zero-order valence-corrected chi connectivity index (χ0v) is 18.7. The summed E-state index contributed by atoms with van der Waals surface area (Å²) in [4.78, 5) is 2.93. The van der Waals surface area contributed by atoms with E-state index >= 15 is 0 Å². The number of hydrogen-bond donors (Lipinski definition) is 0. The summed E-state index contributed by atoms with van der Waals surface area (Å²) in [5.41, 5.74) is 2.87. The molecule has 1 saturated heterocycles. The van der Waals surface area contributed by atoms with E-state index in [1.165, 1.54) is 11.1 Å². The highest BCUT2D eigenvalue weighted by Gasteiger charge is 2.34. The van der Waals surface area contributed by atoms with E-state index in [-0.39, 0.29) is 6.04 Å². The molecule has 2 heterocycles. The molecule has 3 aromatic carbocycles. The van der Waals surface area contributed by atoms with Crippen LogP contribution < -0.4 is 0 Å². The molecule has 0 aromatic heterocycles. The van der Waals surface area contributed by atoms with Crippen LogP contribution in [0.1, 0.15) is 36.8 Å². The first kappa shape index (κ1) is 20.7. The molecule has 0 aliphatic carbocycles. The van der Waals surface area contributed by atoms with E-state index in [0.717, 1.165) is 62.5 Å². The molecule has 162 valence electrons. The lowest BCUT2D eigenvalue weighted by Gasteiger charge is -2.37. The second-order valence-corrected chi connectivity index (χ2v) is 10.7. The Balaban J connectivity index is 1.35. The van der Waals surface area contributed by atoms with E-state index < -0.39 is 10.0 Å². The average Bonchev–Trinajstić information content (AvgIpc) is 2.82. The molecule has 3 aromatic rings.